The van der Waals surface area contributed by atoms with Gasteiger partial charge >= 0.3 is 5.97 Å². The summed E-state index contributed by atoms with van der Waals surface area (Å²) < 4.78 is 0. The molecule has 0 fully saturated rings. The van der Waals surface area contributed by atoms with E-state index in [-0.39, 0.29) is 5.96 Å². The van der Waals surface area contributed by atoms with E-state index in [0.717, 1.165) is 0 Å². The molecule has 0 aromatic heterocycles. The van der Waals surface area contributed by atoms with E-state index in [2.05, 4.69) is 15.8 Å². The molecule has 0 aromatic carbocycles. The van der Waals surface area contributed by atoms with Gasteiger partial charge in [0.15, 0.2) is 6.04 Å². The Bertz CT molecular complexity index is 206. The summed E-state index contributed by atoms with van der Waals surface area (Å²) >= 11 is 0. The van der Waals surface area contributed by atoms with Gasteiger partial charge in [0, 0.05) is 7.05 Å². The van der Waals surface area contributed by atoms with Crippen LogP contribution in [0.15, 0.2) is 4.99 Å². The summed E-state index contributed by atoms with van der Waals surface area (Å²) in [6.07, 6.45) is 0.991. The Morgan fingerprint density at radius 1 is 1.64 bits per heavy atom. The highest BCUT2D eigenvalue weighted by Crippen LogP contribution is 2.01. The van der Waals surface area contributed by atoms with Crippen LogP contribution in [0.25, 0.3) is 0 Å². The summed E-state index contributed by atoms with van der Waals surface area (Å²) in [4.78, 5) is 14.5. The predicted octanol–water partition coefficient (Wildman–Crippen LogP) is -1.78. The topological polar surface area (TPSA) is 126 Å². The van der Waals surface area contributed by atoms with Crippen LogP contribution in [0, 0.1) is 0 Å². The molecule has 7 nitrogen and oxygen atoms in total. The molecule has 0 unspecified atom stereocenters. The van der Waals surface area contributed by atoms with Gasteiger partial charge in [-0.2, -0.15) is 0 Å². The Kier molecular flexibility index (Phi) is 6.42. The lowest BCUT2D eigenvalue weighted by atomic mass is 10.2. The highest BCUT2D eigenvalue weighted by Gasteiger charge is 2.15. The van der Waals surface area contributed by atoms with E-state index in [0.29, 0.717) is 19.4 Å². The highest BCUT2D eigenvalue weighted by molar-refractivity contribution is 5.82. The zero-order valence-corrected chi connectivity index (χ0v) is 8.16. The Hall–Kier alpha value is -1.34. The average molecular weight is 203 g/mol. The number of hydrazine groups is 1. The Morgan fingerprint density at radius 3 is 2.71 bits per heavy atom. The smallest absolute Gasteiger partial charge is 0.328 e. The molecule has 7 heteroatoms. The van der Waals surface area contributed by atoms with Gasteiger partial charge in [0.05, 0.1) is 0 Å². The minimum Gasteiger partial charge on any atom is -0.480 e. The van der Waals surface area contributed by atoms with E-state index in [1.807, 2.05) is 0 Å². The summed E-state index contributed by atoms with van der Waals surface area (Å²) in [6, 6.07) is -0.834. The zero-order valence-electron chi connectivity index (χ0n) is 8.16. The van der Waals surface area contributed by atoms with Gasteiger partial charge in [-0.15, -0.1) is 0 Å². The van der Waals surface area contributed by atoms with Crippen molar-refractivity contribution in [2.24, 2.45) is 16.5 Å². The molecule has 14 heavy (non-hydrogen) atoms. The van der Waals surface area contributed by atoms with E-state index in [4.69, 9.17) is 16.6 Å². The van der Waals surface area contributed by atoms with Crippen molar-refractivity contribution in [1.29, 1.82) is 0 Å². The largest absolute Gasteiger partial charge is 0.480 e. The first-order valence-corrected chi connectivity index (χ1v) is 4.30. The number of carbonyl (C=O) groups is 1. The normalized spacial score (nSPS) is 13.7. The molecule has 0 heterocycles. The minimum absolute atomic E-state index is 0.0527. The summed E-state index contributed by atoms with van der Waals surface area (Å²) in [5, 5.41) is 8.77. The molecule has 0 aliphatic carbocycles. The molecule has 1 atom stereocenters. The van der Waals surface area contributed by atoms with Crippen LogP contribution < -0.4 is 22.3 Å². The lowest BCUT2D eigenvalue weighted by molar-refractivity contribution is -0.138. The number of guanidine groups is 1. The van der Waals surface area contributed by atoms with Crippen molar-refractivity contribution >= 4 is 11.9 Å². The second-order valence-corrected chi connectivity index (χ2v) is 2.67. The molecule has 0 saturated carbocycles. The van der Waals surface area contributed by atoms with Crippen molar-refractivity contribution in [3.05, 3.63) is 0 Å². The van der Waals surface area contributed by atoms with E-state index in [1.54, 1.807) is 7.05 Å². The molecular formula is C7H17N5O2. The zero-order chi connectivity index (χ0) is 11.0. The molecule has 7 N–H and O–H groups in total. The van der Waals surface area contributed by atoms with Crippen molar-refractivity contribution in [3.63, 3.8) is 0 Å². The van der Waals surface area contributed by atoms with Gasteiger partial charge in [-0.25, -0.2) is 15.2 Å². The van der Waals surface area contributed by atoms with Crippen molar-refractivity contribution < 1.29 is 9.90 Å². The number of aliphatic carboxylic acids is 1. The first-order valence-electron chi connectivity index (χ1n) is 4.30. The van der Waals surface area contributed by atoms with Crippen LogP contribution >= 0.6 is 0 Å². The van der Waals surface area contributed by atoms with Gasteiger partial charge in [-0.05, 0) is 19.4 Å². The number of rotatable bonds is 6. The van der Waals surface area contributed by atoms with Gasteiger partial charge in [-0.3, -0.25) is 5.43 Å². The third kappa shape index (κ3) is 5.33. The van der Waals surface area contributed by atoms with Crippen LogP contribution in [-0.2, 0) is 4.79 Å². The minimum atomic E-state index is -1.00. The molecule has 0 rings (SSSR count). The monoisotopic (exact) mass is 203 g/mol. The van der Waals surface area contributed by atoms with E-state index >= 15 is 0 Å². The summed E-state index contributed by atoms with van der Waals surface area (Å²) in [5.74, 6) is -0.948. The van der Waals surface area contributed by atoms with Gasteiger partial charge in [-0.1, -0.05) is 0 Å². The molecule has 0 bridgehead atoms. The van der Waals surface area contributed by atoms with E-state index < -0.39 is 12.0 Å². The van der Waals surface area contributed by atoms with Crippen LogP contribution in [0.1, 0.15) is 12.8 Å². The predicted molar refractivity (Wildman–Crippen MR) is 53.5 cm³/mol. The Labute approximate surface area is 82.5 Å². The SMILES string of the molecule is CNNC(N)=N[C@@H](CCCN)C(=O)O. The van der Waals surface area contributed by atoms with Crippen LogP contribution in [0.4, 0.5) is 0 Å². The molecule has 0 aliphatic heterocycles. The number of aliphatic imine (C=N–C) groups is 1. The fourth-order valence-electron chi connectivity index (χ4n) is 0.883. The highest BCUT2D eigenvalue weighted by atomic mass is 16.4. The number of hydrogen-bond donors (Lipinski definition) is 5. The number of carboxylic acid groups (broad SMARTS) is 1. The fraction of sp³-hybridized carbons (Fsp3) is 0.714. The summed E-state index contributed by atoms with van der Waals surface area (Å²) in [6.45, 7) is 0.443. The quantitative estimate of drug-likeness (QED) is 0.197. The Morgan fingerprint density at radius 2 is 2.29 bits per heavy atom. The first kappa shape index (κ1) is 12.7. The van der Waals surface area contributed by atoms with Gasteiger partial charge in [0.1, 0.15) is 0 Å². The third-order valence-corrected chi connectivity index (χ3v) is 1.51. The van der Waals surface area contributed by atoms with Crippen molar-refractivity contribution in [2.75, 3.05) is 13.6 Å². The van der Waals surface area contributed by atoms with Gasteiger partial charge < -0.3 is 16.6 Å². The summed E-state index contributed by atoms with van der Waals surface area (Å²) in [5.41, 5.74) is 15.7. The van der Waals surface area contributed by atoms with Crippen LogP contribution in [0.2, 0.25) is 0 Å². The number of carboxylic acids is 1. The number of nitrogens with zero attached hydrogens (tertiary/aromatic N) is 1. The molecule has 0 aromatic rings. The molecular weight excluding hydrogens is 186 g/mol. The third-order valence-electron chi connectivity index (χ3n) is 1.51. The maximum absolute atomic E-state index is 10.7. The fourth-order valence-corrected chi connectivity index (χ4v) is 0.883. The molecule has 0 aliphatic rings. The van der Waals surface area contributed by atoms with Crippen molar-refractivity contribution in [3.8, 4) is 0 Å². The molecule has 82 valence electrons. The van der Waals surface area contributed by atoms with Crippen molar-refractivity contribution in [1.82, 2.24) is 10.9 Å². The van der Waals surface area contributed by atoms with Gasteiger partial charge in [0.2, 0.25) is 5.96 Å². The van der Waals surface area contributed by atoms with Crippen LogP contribution in [-0.4, -0.2) is 36.7 Å². The summed E-state index contributed by atoms with van der Waals surface area (Å²) in [7, 11) is 1.61. The molecule has 0 spiro atoms. The van der Waals surface area contributed by atoms with E-state index in [9.17, 15) is 4.79 Å². The number of nitrogens with one attached hydrogen (secondary N) is 2. The van der Waals surface area contributed by atoms with Crippen LogP contribution in [0.5, 0.6) is 0 Å². The second-order valence-electron chi connectivity index (χ2n) is 2.67. The Balaban J connectivity index is 4.20. The van der Waals surface area contributed by atoms with E-state index in [1.165, 1.54) is 0 Å². The van der Waals surface area contributed by atoms with Gasteiger partial charge in [0.25, 0.3) is 0 Å². The molecule has 0 amide bonds. The maximum Gasteiger partial charge on any atom is 0.328 e. The number of hydrogen-bond acceptors (Lipinski definition) is 4. The number of nitrogens with two attached hydrogens (primary N) is 2. The van der Waals surface area contributed by atoms with Crippen LogP contribution in [0.3, 0.4) is 0 Å². The first-order chi connectivity index (χ1) is 6.61. The lowest BCUT2D eigenvalue weighted by Gasteiger charge is -2.08. The molecule has 0 radical (unpaired) electrons. The lowest BCUT2D eigenvalue weighted by Crippen LogP contribution is -2.41. The second kappa shape index (κ2) is 7.10. The standard InChI is InChI=1S/C7H17N5O2/c1-10-12-7(9)11-5(6(13)14)3-2-4-8/h5,10H,2-4,8H2,1H3,(H,13,14)(H3,9,11,12)/t5-/m0/s1. The van der Waals surface area contributed by atoms with Crippen molar-refractivity contribution in [2.45, 2.75) is 18.9 Å². The molecule has 0 saturated heterocycles. The average Bonchev–Trinajstić information content (AvgIpc) is 2.12. The maximum atomic E-state index is 10.7.